The van der Waals surface area contributed by atoms with Gasteiger partial charge in [0.2, 0.25) is 5.88 Å². The van der Waals surface area contributed by atoms with Crippen molar-refractivity contribution in [3.05, 3.63) is 47.7 Å². The monoisotopic (exact) mass is 340 g/mol. The van der Waals surface area contributed by atoms with Gasteiger partial charge in [0.1, 0.15) is 0 Å². The highest BCUT2D eigenvalue weighted by Crippen LogP contribution is 2.31. The number of alkyl halides is 3. The standard InChI is InChI=1S/C15H12F3NO2.C2H7N/c16-15(17,18)21-14-8-10(4-6-19-14)12-3-1-2-11-9-20-7-5-13(11)12;1-3-2/h1-4,6,8H,5,7,9H2;3H,1-2H3. The molecule has 3 rings (SSSR count). The summed E-state index contributed by atoms with van der Waals surface area (Å²) in [5, 5.41) is 2.75. The fraction of sp³-hybridized carbons (Fsp3) is 0.353. The van der Waals surface area contributed by atoms with E-state index in [0.717, 1.165) is 23.1 Å². The third-order valence-corrected chi connectivity index (χ3v) is 3.29. The smallest absolute Gasteiger partial charge is 0.388 e. The predicted molar refractivity (Wildman–Crippen MR) is 84.7 cm³/mol. The number of fused-ring (bicyclic) bond motifs is 1. The molecule has 2 heterocycles. The van der Waals surface area contributed by atoms with Gasteiger partial charge in [-0.1, -0.05) is 18.2 Å². The minimum atomic E-state index is -4.74. The van der Waals surface area contributed by atoms with E-state index < -0.39 is 12.2 Å². The van der Waals surface area contributed by atoms with E-state index >= 15 is 0 Å². The highest BCUT2D eigenvalue weighted by atomic mass is 19.4. The summed E-state index contributed by atoms with van der Waals surface area (Å²) in [5.74, 6) is -0.454. The quantitative estimate of drug-likeness (QED) is 0.908. The maximum Gasteiger partial charge on any atom is 0.574 e. The van der Waals surface area contributed by atoms with Gasteiger partial charge in [-0.2, -0.15) is 0 Å². The molecular formula is C17H19F3N2O2. The number of hydrogen-bond acceptors (Lipinski definition) is 4. The molecule has 2 aromatic rings. The number of rotatable bonds is 2. The van der Waals surface area contributed by atoms with Gasteiger partial charge < -0.3 is 14.8 Å². The molecule has 1 aromatic carbocycles. The molecule has 130 valence electrons. The van der Waals surface area contributed by atoms with Crippen molar-refractivity contribution in [3.63, 3.8) is 0 Å². The highest BCUT2D eigenvalue weighted by molar-refractivity contribution is 5.69. The van der Waals surface area contributed by atoms with Crippen molar-refractivity contribution in [3.8, 4) is 17.0 Å². The van der Waals surface area contributed by atoms with Crippen LogP contribution in [0.4, 0.5) is 13.2 Å². The zero-order valence-corrected chi connectivity index (χ0v) is 13.5. The summed E-state index contributed by atoms with van der Waals surface area (Å²) in [4.78, 5) is 3.60. The van der Waals surface area contributed by atoms with Crippen LogP contribution in [0.1, 0.15) is 11.1 Å². The number of hydrogen-bond donors (Lipinski definition) is 1. The molecule has 0 spiro atoms. The first kappa shape index (κ1) is 18.2. The van der Waals surface area contributed by atoms with Crippen LogP contribution in [0.25, 0.3) is 11.1 Å². The number of aromatic nitrogens is 1. The third-order valence-electron chi connectivity index (χ3n) is 3.29. The van der Waals surface area contributed by atoms with Gasteiger partial charge in [-0.25, -0.2) is 4.98 Å². The Morgan fingerprint density at radius 1 is 1.21 bits per heavy atom. The number of halogens is 3. The molecule has 4 nitrogen and oxygen atoms in total. The zero-order chi connectivity index (χ0) is 17.6. The van der Waals surface area contributed by atoms with Crippen LogP contribution in [0.15, 0.2) is 36.5 Å². The Balaban J connectivity index is 0.000000647. The summed E-state index contributed by atoms with van der Waals surface area (Å²) in [7, 11) is 3.75. The summed E-state index contributed by atoms with van der Waals surface area (Å²) < 4.78 is 46.1. The lowest BCUT2D eigenvalue weighted by atomic mass is 9.93. The van der Waals surface area contributed by atoms with Crippen molar-refractivity contribution in [2.75, 3.05) is 20.7 Å². The molecule has 0 aliphatic carbocycles. The number of nitrogens with zero attached hydrogens (tertiary/aromatic N) is 1. The summed E-state index contributed by atoms with van der Waals surface area (Å²) in [6.45, 7) is 1.14. The average molecular weight is 340 g/mol. The van der Waals surface area contributed by atoms with Crippen LogP contribution in [0.5, 0.6) is 5.88 Å². The molecule has 0 unspecified atom stereocenters. The van der Waals surface area contributed by atoms with Crippen LogP contribution >= 0.6 is 0 Å². The molecule has 0 radical (unpaired) electrons. The van der Waals surface area contributed by atoms with Crippen LogP contribution in [0.2, 0.25) is 0 Å². The van der Waals surface area contributed by atoms with Crippen molar-refractivity contribution in [2.24, 2.45) is 0 Å². The van der Waals surface area contributed by atoms with Gasteiger partial charge in [0, 0.05) is 12.3 Å². The van der Waals surface area contributed by atoms with Gasteiger partial charge in [0.15, 0.2) is 0 Å². The van der Waals surface area contributed by atoms with Gasteiger partial charge in [-0.05, 0) is 48.8 Å². The first-order valence-electron chi connectivity index (χ1n) is 7.43. The minimum absolute atomic E-state index is 0.454. The second-order valence-corrected chi connectivity index (χ2v) is 5.18. The fourth-order valence-corrected chi connectivity index (χ4v) is 2.44. The minimum Gasteiger partial charge on any atom is -0.388 e. The molecule has 24 heavy (non-hydrogen) atoms. The Morgan fingerprint density at radius 3 is 2.67 bits per heavy atom. The topological polar surface area (TPSA) is 43.4 Å². The molecule has 7 heteroatoms. The Hall–Kier alpha value is -2.12. The molecule has 0 fully saturated rings. The lowest BCUT2D eigenvalue weighted by Crippen LogP contribution is -2.17. The number of benzene rings is 1. The van der Waals surface area contributed by atoms with Gasteiger partial charge in [-0.15, -0.1) is 13.2 Å². The second-order valence-electron chi connectivity index (χ2n) is 5.18. The number of ether oxygens (including phenoxy) is 2. The van der Waals surface area contributed by atoms with Crippen molar-refractivity contribution < 1.29 is 22.6 Å². The molecule has 1 N–H and O–H groups in total. The Labute approximate surface area is 138 Å². The van der Waals surface area contributed by atoms with Gasteiger partial charge in [0.25, 0.3) is 0 Å². The Kier molecular flexibility index (Phi) is 6.16. The highest BCUT2D eigenvalue weighted by Gasteiger charge is 2.31. The Morgan fingerprint density at radius 2 is 1.96 bits per heavy atom. The van der Waals surface area contributed by atoms with Crippen LogP contribution in [-0.2, 0) is 17.8 Å². The molecule has 1 aliphatic rings. The van der Waals surface area contributed by atoms with Crippen molar-refractivity contribution >= 4 is 0 Å². The van der Waals surface area contributed by atoms with E-state index in [-0.39, 0.29) is 0 Å². The van der Waals surface area contributed by atoms with E-state index in [0.29, 0.717) is 18.8 Å². The normalized spacial score (nSPS) is 13.5. The summed E-state index contributed by atoms with van der Waals surface area (Å²) in [5.41, 5.74) is 3.72. The van der Waals surface area contributed by atoms with Crippen LogP contribution in [0.3, 0.4) is 0 Å². The number of pyridine rings is 1. The average Bonchev–Trinajstić information content (AvgIpc) is 2.54. The summed E-state index contributed by atoms with van der Waals surface area (Å²) >= 11 is 0. The lowest BCUT2D eigenvalue weighted by molar-refractivity contribution is -0.276. The first-order chi connectivity index (χ1) is 11.4. The largest absolute Gasteiger partial charge is 0.574 e. The fourth-order valence-electron chi connectivity index (χ4n) is 2.44. The summed E-state index contributed by atoms with van der Waals surface area (Å²) in [6, 6.07) is 8.70. The van der Waals surface area contributed by atoms with E-state index in [2.05, 4.69) is 15.0 Å². The van der Waals surface area contributed by atoms with E-state index in [4.69, 9.17) is 4.74 Å². The molecule has 0 bridgehead atoms. The van der Waals surface area contributed by atoms with E-state index in [9.17, 15) is 13.2 Å². The summed E-state index contributed by atoms with van der Waals surface area (Å²) in [6.07, 6.45) is -2.69. The SMILES string of the molecule is CNC.FC(F)(F)Oc1cc(-c2cccc3c2CCOC3)ccn1. The van der Waals surface area contributed by atoms with Gasteiger partial charge in [0.05, 0.1) is 13.2 Å². The number of nitrogens with one attached hydrogen (secondary N) is 1. The van der Waals surface area contributed by atoms with Crippen molar-refractivity contribution in [1.82, 2.24) is 10.3 Å². The Bertz CT molecular complexity index is 675. The predicted octanol–water partition coefficient (Wildman–Crippen LogP) is 3.56. The van der Waals surface area contributed by atoms with Gasteiger partial charge in [-0.3, -0.25) is 0 Å². The second kappa shape index (κ2) is 8.12. The maximum atomic E-state index is 12.3. The van der Waals surface area contributed by atoms with E-state index in [1.807, 2.05) is 32.3 Å². The first-order valence-corrected chi connectivity index (χ1v) is 7.43. The zero-order valence-electron chi connectivity index (χ0n) is 13.5. The van der Waals surface area contributed by atoms with Crippen molar-refractivity contribution in [1.29, 1.82) is 0 Å². The molecule has 1 aromatic heterocycles. The van der Waals surface area contributed by atoms with Crippen LogP contribution in [0, 0.1) is 0 Å². The van der Waals surface area contributed by atoms with E-state index in [1.165, 1.54) is 12.3 Å². The lowest BCUT2D eigenvalue weighted by Gasteiger charge is -2.20. The molecule has 1 aliphatic heterocycles. The molecular weight excluding hydrogens is 321 g/mol. The van der Waals surface area contributed by atoms with Crippen LogP contribution in [-0.4, -0.2) is 32.0 Å². The molecule has 0 saturated heterocycles. The van der Waals surface area contributed by atoms with Crippen LogP contribution < -0.4 is 10.1 Å². The van der Waals surface area contributed by atoms with Crippen molar-refractivity contribution in [2.45, 2.75) is 19.4 Å². The third kappa shape index (κ3) is 4.94. The van der Waals surface area contributed by atoms with E-state index in [1.54, 1.807) is 6.07 Å². The van der Waals surface area contributed by atoms with Gasteiger partial charge >= 0.3 is 6.36 Å². The maximum absolute atomic E-state index is 12.3. The molecule has 0 atom stereocenters. The molecule has 0 amide bonds. The molecule has 0 saturated carbocycles.